The van der Waals surface area contributed by atoms with E-state index in [1.54, 1.807) is 31.4 Å². The first-order chi connectivity index (χ1) is 28.1. The van der Waals surface area contributed by atoms with Crippen LogP contribution in [0.4, 0.5) is 20.2 Å². The molecular formula is C45H47F2N5O6. The van der Waals surface area contributed by atoms with Crippen LogP contribution in [0.15, 0.2) is 72.8 Å². The van der Waals surface area contributed by atoms with Gasteiger partial charge >= 0.3 is 0 Å². The largest absolute Gasteiger partial charge is 0.508 e. The molecule has 5 aliphatic heterocycles. The van der Waals surface area contributed by atoms with Crippen LogP contribution in [0, 0.1) is 17.6 Å². The number of anilines is 2. The number of piperazine rings is 1. The maximum absolute atomic E-state index is 16.2. The van der Waals surface area contributed by atoms with Crippen molar-refractivity contribution in [1.29, 1.82) is 0 Å². The minimum atomic E-state index is -0.739. The SMILES string of the molecule is COc1cccc(C2COc3cc(O)ccc3C2c2ccc(N3CCC(CN4CCN(c5cc6c(cc5F)C(=O)N([C@H]5CCC(=O)NC5=O)C6)CC4)CC3)c(F)c2)c1. The molecule has 0 radical (unpaired) electrons. The molecule has 2 N–H and O–H groups in total. The van der Waals surface area contributed by atoms with Crippen molar-refractivity contribution in [2.24, 2.45) is 5.92 Å². The second-order valence-electron chi connectivity index (χ2n) is 16.2. The molecule has 5 heterocycles. The number of nitrogens with zero attached hydrogens (tertiary/aromatic N) is 4. The van der Waals surface area contributed by atoms with Gasteiger partial charge in [0, 0.05) is 87.8 Å². The third-order valence-electron chi connectivity index (χ3n) is 12.8. The Hall–Kier alpha value is -5.69. The summed E-state index contributed by atoms with van der Waals surface area (Å²) in [5.41, 5.74) is 4.82. The summed E-state index contributed by atoms with van der Waals surface area (Å²) in [6.07, 6.45) is 2.30. The predicted octanol–water partition coefficient (Wildman–Crippen LogP) is 5.79. The minimum absolute atomic E-state index is 0.0917. The molecule has 3 saturated heterocycles. The number of ether oxygens (including phenoxy) is 2. The van der Waals surface area contributed by atoms with Gasteiger partial charge in [-0.05, 0) is 84.3 Å². The van der Waals surface area contributed by atoms with E-state index >= 15 is 8.78 Å². The number of hydrogen-bond donors (Lipinski definition) is 2. The molecule has 3 atom stereocenters. The van der Waals surface area contributed by atoms with E-state index in [1.165, 1.54) is 11.0 Å². The molecule has 302 valence electrons. The zero-order valence-electron chi connectivity index (χ0n) is 32.5. The van der Waals surface area contributed by atoms with E-state index in [4.69, 9.17) is 9.47 Å². The van der Waals surface area contributed by atoms with Crippen molar-refractivity contribution in [3.8, 4) is 17.2 Å². The number of fused-ring (bicyclic) bond motifs is 2. The van der Waals surface area contributed by atoms with E-state index in [0.717, 1.165) is 68.0 Å². The van der Waals surface area contributed by atoms with Gasteiger partial charge in [0.15, 0.2) is 0 Å². The molecule has 5 aliphatic rings. The molecule has 0 spiro atoms. The summed E-state index contributed by atoms with van der Waals surface area (Å²) in [5.74, 6) is -0.267. The van der Waals surface area contributed by atoms with Crippen LogP contribution in [0.1, 0.15) is 70.1 Å². The lowest BCUT2D eigenvalue weighted by atomic mass is 9.75. The number of methoxy groups -OCH3 is 1. The van der Waals surface area contributed by atoms with E-state index in [2.05, 4.69) is 15.1 Å². The van der Waals surface area contributed by atoms with Gasteiger partial charge in [0.2, 0.25) is 11.8 Å². The van der Waals surface area contributed by atoms with Crippen molar-refractivity contribution in [2.45, 2.75) is 50.1 Å². The molecule has 0 bridgehead atoms. The highest BCUT2D eigenvalue weighted by Gasteiger charge is 2.40. The summed E-state index contributed by atoms with van der Waals surface area (Å²) in [6.45, 7) is 5.86. The summed E-state index contributed by atoms with van der Waals surface area (Å²) in [5, 5.41) is 12.5. The van der Waals surface area contributed by atoms with Crippen LogP contribution in [-0.4, -0.2) is 98.2 Å². The van der Waals surface area contributed by atoms with Crippen molar-refractivity contribution in [2.75, 3.05) is 69.3 Å². The number of imide groups is 1. The lowest BCUT2D eigenvalue weighted by Gasteiger charge is -2.40. The fourth-order valence-electron chi connectivity index (χ4n) is 9.65. The maximum atomic E-state index is 16.2. The molecule has 58 heavy (non-hydrogen) atoms. The molecule has 13 heteroatoms. The van der Waals surface area contributed by atoms with Crippen LogP contribution < -0.4 is 24.6 Å². The van der Waals surface area contributed by atoms with Crippen LogP contribution in [0.25, 0.3) is 0 Å². The van der Waals surface area contributed by atoms with Crippen LogP contribution in [0.2, 0.25) is 0 Å². The van der Waals surface area contributed by atoms with Gasteiger partial charge in [-0.15, -0.1) is 0 Å². The van der Waals surface area contributed by atoms with Gasteiger partial charge in [-0.1, -0.05) is 24.3 Å². The Kier molecular flexibility index (Phi) is 10.2. The van der Waals surface area contributed by atoms with E-state index in [-0.39, 0.29) is 60.2 Å². The number of amides is 3. The van der Waals surface area contributed by atoms with Gasteiger partial charge in [0.05, 0.1) is 25.1 Å². The number of carbonyl (C=O) groups is 3. The number of rotatable bonds is 8. The summed E-state index contributed by atoms with van der Waals surface area (Å²) in [7, 11) is 1.64. The average Bonchev–Trinajstić information content (AvgIpc) is 3.54. The van der Waals surface area contributed by atoms with Gasteiger partial charge in [0.1, 0.15) is 34.9 Å². The summed E-state index contributed by atoms with van der Waals surface area (Å²) >= 11 is 0. The molecule has 0 saturated carbocycles. The molecule has 11 nitrogen and oxygen atoms in total. The normalized spacial score (nSPS) is 22.7. The Bertz CT molecular complexity index is 2250. The maximum Gasteiger partial charge on any atom is 0.255 e. The van der Waals surface area contributed by atoms with E-state index in [9.17, 15) is 19.5 Å². The number of piperidine rings is 2. The Balaban J connectivity index is 0.811. The van der Waals surface area contributed by atoms with Crippen molar-refractivity contribution in [3.05, 3.63) is 112 Å². The number of phenols is 1. The number of nitrogens with one attached hydrogen (secondary N) is 1. The first-order valence-corrected chi connectivity index (χ1v) is 20.2. The van der Waals surface area contributed by atoms with Crippen molar-refractivity contribution < 1.29 is 37.7 Å². The predicted molar refractivity (Wildman–Crippen MR) is 214 cm³/mol. The third kappa shape index (κ3) is 7.20. The lowest BCUT2D eigenvalue weighted by molar-refractivity contribution is -0.136. The van der Waals surface area contributed by atoms with Gasteiger partial charge in [-0.3, -0.25) is 24.6 Å². The minimum Gasteiger partial charge on any atom is -0.508 e. The van der Waals surface area contributed by atoms with Crippen LogP contribution in [0.3, 0.4) is 0 Å². The lowest BCUT2D eigenvalue weighted by Crippen LogP contribution is -2.52. The fraction of sp³-hybridized carbons (Fsp3) is 0.400. The molecule has 3 amide bonds. The number of benzene rings is 4. The van der Waals surface area contributed by atoms with E-state index < -0.39 is 17.8 Å². The Morgan fingerprint density at radius 3 is 2.36 bits per heavy atom. The van der Waals surface area contributed by atoms with E-state index in [1.807, 2.05) is 47.4 Å². The molecule has 0 aromatic heterocycles. The summed E-state index contributed by atoms with van der Waals surface area (Å²) < 4.78 is 43.3. The average molecular weight is 792 g/mol. The van der Waals surface area contributed by atoms with Crippen molar-refractivity contribution >= 4 is 29.1 Å². The Labute approximate surface area is 336 Å². The summed E-state index contributed by atoms with van der Waals surface area (Å²) in [4.78, 5) is 45.3. The topological polar surface area (TPSA) is 115 Å². The highest BCUT2D eigenvalue weighted by molar-refractivity contribution is 6.05. The molecule has 2 unspecified atom stereocenters. The molecule has 0 aliphatic carbocycles. The number of halogens is 2. The zero-order chi connectivity index (χ0) is 40.1. The Morgan fingerprint density at radius 1 is 0.828 bits per heavy atom. The zero-order valence-corrected chi connectivity index (χ0v) is 32.5. The second kappa shape index (κ2) is 15.6. The van der Waals surface area contributed by atoms with E-state index in [0.29, 0.717) is 48.3 Å². The van der Waals surface area contributed by atoms with Crippen LogP contribution in [-0.2, 0) is 16.1 Å². The molecule has 9 rings (SSSR count). The smallest absolute Gasteiger partial charge is 0.255 e. The Morgan fingerprint density at radius 2 is 1.60 bits per heavy atom. The molecule has 4 aromatic rings. The van der Waals surface area contributed by atoms with Crippen LogP contribution in [0.5, 0.6) is 17.2 Å². The number of hydrogen-bond acceptors (Lipinski definition) is 9. The molecular weight excluding hydrogens is 745 g/mol. The van der Waals surface area contributed by atoms with Crippen molar-refractivity contribution in [1.82, 2.24) is 15.1 Å². The standard InChI is InChI=1S/C45H47F2N5O6/c1-57-32-4-2-3-28(19-32)35-26-58-41-22-31(53)6-7-33(41)43(35)29-5-8-38(36(46)20-29)50-13-11-27(12-14-50)24-49-15-17-51(18-16-49)40-21-30-25-52(45(56)34(30)23-37(40)47)39-9-10-42(54)48-44(39)55/h2-8,19-23,27,35,39,43,53H,9-18,24-26H2,1H3,(H,48,54,55)/t35?,39-,43?/m0/s1. The quantitative estimate of drug-likeness (QED) is 0.214. The highest BCUT2D eigenvalue weighted by atomic mass is 19.1. The van der Waals surface area contributed by atoms with Crippen LogP contribution >= 0.6 is 0 Å². The second-order valence-corrected chi connectivity index (χ2v) is 16.2. The summed E-state index contributed by atoms with van der Waals surface area (Å²) in [6, 6.07) is 20.9. The number of carbonyl (C=O) groups excluding carboxylic acids is 3. The van der Waals surface area contributed by atoms with Gasteiger partial charge in [0.25, 0.3) is 5.91 Å². The number of aromatic hydroxyl groups is 1. The molecule has 3 fully saturated rings. The first-order valence-electron chi connectivity index (χ1n) is 20.2. The monoisotopic (exact) mass is 791 g/mol. The van der Waals surface area contributed by atoms with Crippen molar-refractivity contribution in [3.63, 3.8) is 0 Å². The fourth-order valence-corrected chi connectivity index (χ4v) is 9.65. The van der Waals surface area contributed by atoms with Gasteiger partial charge in [-0.2, -0.15) is 0 Å². The first kappa shape index (κ1) is 37.9. The third-order valence-corrected chi connectivity index (χ3v) is 12.8. The molecule has 4 aromatic carbocycles. The number of phenolic OH excluding ortho intramolecular Hbond substituents is 1. The van der Waals surface area contributed by atoms with Gasteiger partial charge in [-0.25, -0.2) is 8.78 Å². The highest BCUT2D eigenvalue weighted by Crippen LogP contribution is 2.48. The van der Waals surface area contributed by atoms with Gasteiger partial charge < -0.3 is 29.3 Å².